The van der Waals surface area contributed by atoms with E-state index in [0.29, 0.717) is 5.75 Å². The average molecular weight is 352 g/mol. The average Bonchev–Trinajstić information content (AvgIpc) is 3.39. The van der Waals surface area contributed by atoms with Crippen LogP contribution in [0.5, 0.6) is 0 Å². The fourth-order valence-corrected chi connectivity index (χ4v) is 4.18. The zero-order valence-electron chi connectivity index (χ0n) is 14.1. The summed E-state index contributed by atoms with van der Waals surface area (Å²) in [5.74, 6) is 0.862. The van der Waals surface area contributed by atoms with Crippen LogP contribution < -0.4 is 10.2 Å². The van der Waals surface area contributed by atoms with Crippen LogP contribution in [0.3, 0.4) is 0 Å². The fraction of sp³-hybridized carbons (Fsp3) is 0.300. The number of anilines is 2. The molecule has 2 amide bonds. The van der Waals surface area contributed by atoms with Crippen LogP contribution in [-0.2, 0) is 9.59 Å². The van der Waals surface area contributed by atoms with E-state index in [-0.39, 0.29) is 23.1 Å². The van der Waals surface area contributed by atoms with E-state index in [1.165, 1.54) is 5.56 Å². The summed E-state index contributed by atoms with van der Waals surface area (Å²) in [4.78, 5) is 26.3. The van der Waals surface area contributed by atoms with E-state index < -0.39 is 0 Å². The van der Waals surface area contributed by atoms with Crippen LogP contribution in [0.1, 0.15) is 29.3 Å². The van der Waals surface area contributed by atoms with Gasteiger partial charge in [0.1, 0.15) is 5.37 Å². The van der Waals surface area contributed by atoms with Crippen molar-refractivity contribution in [3.05, 3.63) is 59.7 Å². The van der Waals surface area contributed by atoms with Crippen molar-refractivity contribution in [2.45, 2.75) is 25.1 Å². The molecule has 4 rings (SSSR count). The molecule has 5 heteroatoms. The highest BCUT2D eigenvalue weighted by atomic mass is 32.2. The Morgan fingerprint density at radius 3 is 2.64 bits per heavy atom. The number of aryl methyl sites for hydroxylation is 1. The van der Waals surface area contributed by atoms with Crippen LogP contribution in [0.25, 0.3) is 0 Å². The Balaban J connectivity index is 1.60. The third-order valence-corrected chi connectivity index (χ3v) is 5.78. The quantitative estimate of drug-likeness (QED) is 0.900. The van der Waals surface area contributed by atoms with Crippen molar-refractivity contribution in [3.8, 4) is 0 Å². The smallest absolute Gasteiger partial charge is 0.238 e. The molecule has 0 spiro atoms. The summed E-state index contributed by atoms with van der Waals surface area (Å²) in [6, 6.07) is 15.9. The maximum Gasteiger partial charge on any atom is 0.238 e. The Hall–Kier alpha value is -2.27. The zero-order valence-corrected chi connectivity index (χ0v) is 14.9. The third-order valence-electron chi connectivity index (χ3n) is 4.57. The number of thioether (sulfide) groups is 1. The van der Waals surface area contributed by atoms with Gasteiger partial charge < -0.3 is 5.32 Å². The van der Waals surface area contributed by atoms with Crippen molar-refractivity contribution in [1.29, 1.82) is 0 Å². The summed E-state index contributed by atoms with van der Waals surface area (Å²) in [6.45, 7) is 2.04. The highest BCUT2D eigenvalue weighted by molar-refractivity contribution is 8.00. The Kier molecular flexibility index (Phi) is 4.25. The standard InChI is InChI=1S/C20H20N2O2S/c1-13-5-9-17(10-6-13)22-18(23)12-25-20(22)15-3-2-4-16(11-15)21-19(24)14-7-8-14/h2-6,9-11,14,20H,7-8,12H2,1H3,(H,21,24)/t20-/m1/s1. The lowest BCUT2D eigenvalue weighted by atomic mass is 10.1. The van der Waals surface area contributed by atoms with Gasteiger partial charge in [0.15, 0.2) is 0 Å². The number of hydrogen-bond acceptors (Lipinski definition) is 3. The molecule has 0 aromatic heterocycles. The lowest BCUT2D eigenvalue weighted by Crippen LogP contribution is -2.27. The molecule has 0 radical (unpaired) electrons. The molecule has 4 nitrogen and oxygen atoms in total. The lowest BCUT2D eigenvalue weighted by molar-refractivity contribution is -0.117. The molecule has 2 aliphatic rings. The second-order valence-corrected chi connectivity index (χ2v) is 7.72. The van der Waals surface area contributed by atoms with Gasteiger partial charge in [0, 0.05) is 17.3 Å². The Bertz CT molecular complexity index is 815. The normalized spacial score (nSPS) is 20.0. The molecule has 2 fully saturated rings. The number of carbonyl (C=O) groups excluding carboxylic acids is 2. The summed E-state index contributed by atoms with van der Waals surface area (Å²) in [6.07, 6.45) is 1.97. The van der Waals surface area contributed by atoms with Gasteiger partial charge in [0.25, 0.3) is 0 Å². The first-order valence-electron chi connectivity index (χ1n) is 8.53. The fourth-order valence-electron chi connectivity index (χ4n) is 3.02. The molecule has 0 unspecified atom stereocenters. The Morgan fingerprint density at radius 1 is 1.16 bits per heavy atom. The summed E-state index contributed by atoms with van der Waals surface area (Å²) >= 11 is 1.62. The van der Waals surface area contributed by atoms with Crippen molar-refractivity contribution in [3.63, 3.8) is 0 Å². The topological polar surface area (TPSA) is 49.4 Å². The molecule has 128 valence electrons. The Morgan fingerprint density at radius 2 is 1.92 bits per heavy atom. The van der Waals surface area contributed by atoms with E-state index in [4.69, 9.17) is 0 Å². The summed E-state index contributed by atoms with van der Waals surface area (Å²) in [5, 5.41) is 2.93. The number of carbonyl (C=O) groups is 2. The number of benzene rings is 2. The summed E-state index contributed by atoms with van der Waals surface area (Å²) in [5.41, 5.74) is 3.92. The van der Waals surface area contributed by atoms with Crippen molar-refractivity contribution in [1.82, 2.24) is 0 Å². The predicted molar refractivity (Wildman–Crippen MR) is 102 cm³/mol. The van der Waals surface area contributed by atoms with E-state index in [1.54, 1.807) is 11.8 Å². The van der Waals surface area contributed by atoms with E-state index in [0.717, 1.165) is 29.8 Å². The molecule has 1 N–H and O–H groups in total. The van der Waals surface area contributed by atoms with Gasteiger partial charge in [-0.3, -0.25) is 14.5 Å². The van der Waals surface area contributed by atoms with Gasteiger partial charge in [-0.1, -0.05) is 29.8 Å². The number of hydrogen-bond donors (Lipinski definition) is 1. The second kappa shape index (κ2) is 6.56. The SMILES string of the molecule is Cc1ccc(N2C(=O)CS[C@@H]2c2cccc(NC(=O)C3CC3)c2)cc1. The first-order chi connectivity index (χ1) is 12.1. The molecule has 25 heavy (non-hydrogen) atoms. The van der Waals surface area contributed by atoms with Crippen LogP contribution in [0.4, 0.5) is 11.4 Å². The lowest BCUT2D eigenvalue weighted by Gasteiger charge is -2.25. The van der Waals surface area contributed by atoms with Crippen molar-refractivity contribution in [2.75, 3.05) is 16.0 Å². The highest BCUT2D eigenvalue weighted by Gasteiger charge is 2.34. The molecule has 1 atom stereocenters. The first kappa shape index (κ1) is 16.2. The molecule has 1 aliphatic heterocycles. The van der Waals surface area contributed by atoms with E-state index >= 15 is 0 Å². The van der Waals surface area contributed by atoms with Gasteiger partial charge >= 0.3 is 0 Å². The van der Waals surface area contributed by atoms with Crippen LogP contribution in [0, 0.1) is 12.8 Å². The number of nitrogens with zero attached hydrogens (tertiary/aromatic N) is 1. The number of amides is 2. The third kappa shape index (κ3) is 3.42. The minimum Gasteiger partial charge on any atom is -0.326 e. The molecule has 0 bridgehead atoms. The van der Waals surface area contributed by atoms with E-state index in [9.17, 15) is 9.59 Å². The molecule has 1 saturated carbocycles. The van der Waals surface area contributed by atoms with Gasteiger partial charge in [-0.05, 0) is 49.6 Å². The van der Waals surface area contributed by atoms with Crippen LogP contribution >= 0.6 is 11.8 Å². The van der Waals surface area contributed by atoms with Crippen molar-refractivity contribution >= 4 is 35.0 Å². The molecular formula is C20H20N2O2S. The molecule has 1 aliphatic carbocycles. The van der Waals surface area contributed by atoms with Gasteiger partial charge in [0.05, 0.1) is 5.75 Å². The first-order valence-corrected chi connectivity index (χ1v) is 9.58. The van der Waals surface area contributed by atoms with Crippen molar-refractivity contribution < 1.29 is 9.59 Å². The van der Waals surface area contributed by atoms with Gasteiger partial charge in [-0.2, -0.15) is 0 Å². The summed E-state index contributed by atoms with van der Waals surface area (Å²) < 4.78 is 0. The molecule has 2 aromatic rings. The molecule has 1 saturated heterocycles. The summed E-state index contributed by atoms with van der Waals surface area (Å²) in [7, 11) is 0. The number of nitrogens with one attached hydrogen (secondary N) is 1. The maximum atomic E-state index is 12.4. The largest absolute Gasteiger partial charge is 0.326 e. The van der Waals surface area contributed by atoms with Crippen LogP contribution in [0.15, 0.2) is 48.5 Å². The molecular weight excluding hydrogens is 332 g/mol. The monoisotopic (exact) mass is 352 g/mol. The Labute approximate surface area is 151 Å². The van der Waals surface area contributed by atoms with E-state index in [1.807, 2.05) is 60.4 Å². The van der Waals surface area contributed by atoms with Crippen LogP contribution in [0.2, 0.25) is 0 Å². The maximum absolute atomic E-state index is 12.4. The molecule has 1 heterocycles. The molecule has 2 aromatic carbocycles. The van der Waals surface area contributed by atoms with Gasteiger partial charge in [0.2, 0.25) is 11.8 Å². The minimum atomic E-state index is -0.0621. The second-order valence-electron chi connectivity index (χ2n) is 6.65. The van der Waals surface area contributed by atoms with Gasteiger partial charge in [-0.25, -0.2) is 0 Å². The van der Waals surface area contributed by atoms with E-state index in [2.05, 4.69) is 5.32 Å². The predicted octanol–water partition coefficient (Wildman–Crippen LogP) is 4.12. The van der Waals surface area contributed by atoms with Crippen LogP contribution in [-0.4, -0.2) is 17.6 Å². The minimum absolute atomic E-state index is 0.0621. The number of rotatable bonds is 4. The van der Waals surface area contributed by atoms with Gasteiger partial charge in [-0.15, -0.1) is 11.8 Å². The van der Waals surface area contributed by atoms with Crippen molar-refractivity contribution in [2.24, 2.45) is 5.92 Å². The zero-order chi connectivity index (χ0) is 17.4. The highest BCUT2D eigenvalue weighted by Crippen LogP contribution is 2.42.